The lowest BCUT2D eigenvalue weighted by Crippen LogP contribution is -2.23. The third-order valence-electron chi connectivity index (χ3n) is 2.29. The molecule has 2 atom stereocenters. The fraction of sp³-hybridized carbons (Fsp3) is 0.417. The van der Waals surface area contributed by atoms with Gasteiger partial charge in [0, 0.05) is 11.8 Å². The summed E-state index contributed by atoms with van der Waals surface area (Å²) in [6.45, 7) is 1.86. The smallest absolute Gasteiger partial charge is 0.308 e. The highest BCUT2D eigenvalue weighted by Gasteiger charge is 2.23. The molecule has 18 heavy (non-hydrogen) atoms. The van der Waals surface area contributed by atoms with Crippen LogP contribution in [0.4, 0.5) is 0 Å². The van der Waals surface area contributed by atoms with Gasteiger partial charge < -0.3 is 14.9 Å². The number of hydrogen-bond acceptors (Lipinski definition) is 6. The van der Waals surface area contributed by atoms with Gasteiger partial charge in [-0.25, -0.2) is 0 Å². The highest BCUT2D eigenvalue weighted by atomic mass is 16.5. The van der Waals surface area contributed by atoms with Gasteiger partial charge in [0.05, 0.1) is 24.8 Å². The lowest BCUT2D eigenvalue weighted by molar-refractivity contribution is -0.147. The summed E-state index contributed by atoms with van der Waals surface area (Å²) in [6.07, 6.45) is -1.04. The van der Waals surface area contributed by atoms with Crippen LogP contribution in [0.25, 0.3) is 0 Å². The number of aromatic nitrogens is 1. The average molecular weight is 253 g/mol. The van der Waals surface area contributed by atoms with Gasteiger partial charge in [0.25, 0.3) is 0 Å². The fourth-order valence-corrected chi connectivity index (χ4v) is 1.40. The van der Waals surface area contributed by atoms with Crippen molar-refractivity contribution in [3.05, 3.63) is 29.6 Å². The first-order valence-corrected chi connectivity index (χ1v) is 5.51. The van der Waals surface area contributed by atoms with E-state index >= 15 is 0 Å². The van der Waals surface area contributed by atoms with Crippen LogP contribution in [0.3, 0.4) is 0 Å². The van der Waals surface area contributed by atoms with Crippen molar-refractivity contribution in [2.45, 2.75) is 25.6 Å². The second-order valence-electron chi connectivity index (χ2n) is 3.65. The molecule has 0 saturated heterocycles. The van der Waals surface area contributed by atoms with Crippen molar-refractivity contribution in [3.8, 4) is 0 Å². The molecule has 2 N–H and O–H groups in total. The Morgan fingerprint density at radius 2 is 2.28 bits per heavy atom. The summed E-state index contributed by atoms with van der Waals surface area (Å²) >= 11 is 0. The van der Waals surface area contributed by atoms with Crippen molar-refractivity contribution in [1.29, 1.82) is 0 Å². The predicted molar refractivity (Wildman–Crippen MR) is 61.8 cm³/mol. The zero-order valence-electron chi connectivity index (χ0n) is 9.94. The van der Waals surface area contributed by atoms with Crippen LogP contribution in [0.1, 0.15) is 35.5 Å². The van der Waals surface area contributed by atoms with Crippen molar-refractivity contribution in [3.63, 3.8) is 0 Å². The number of carbonyl (C=O) groups is 2. The highest BCUT2D eigenvalue weighted by Crippen LogP contribution is 2.17. The van der Waals surface area contributed by atoms with Crippen LogP contribution in [-0.2, 0) is 9.53 Å². The van der Waals surface area contributed by atoms with E-state index < -0.39 is 18.2 Å². The standard InChI is InChI=1S/C12H15NO5/c1-2-18-11(16)6-10(15)12(17)9-5-8(7-14)3-4-13-9/h3-5,7,10,12,15,17H,2,6H2,1H3. The topological polar surface area (TPSA) is 96.7 Å². The molecule has 0 aliphatic heterocycles. The Hall–Kier alpha value is -1.79. The molecular weight excluding hydrogens is 238 g/mol. The first kappa shape index (κ1) is 14.3. The molecule has 0 amide bonds. The Morgan fingerprint density at radius 1 is 1.56 bits per heavy atom. The van der Waals surface area contributed by atoms with Gasteiger partial charge in [-0.3, -0.25) is 14.6 Å². The van der Waals surface area contributed by atoms with Crippen LogP contribution in [0.15, 0.2) is 18.3 Å². The van der Waals surface area contributed by atoms with Gasteiger partial charge in [0.2, 0.25) is 0 Å². The van der Waals surface area contributed by atoms with Crippen molar-refractivity contribution < 1.29 is 24.5 Å². The molecule has 0 aliphatic carbocycles. The van der Waals surface area contributed by atoms with E-state index in [1.165, 1.54) is 18.3 Å². The van der Waals surface area contributed by atoms with E-state index in [9.17, 15) is 19.8 Å². The molecule has 1 aromatic heterocycles. The van der Waals surface area contributed by atoms with E-state index in [-0.39, 0.29) is 18.7 Å². The second-order valence-corrected chi connectivity index (χ2v) is 3.65. The first-order valence-electron chi connectivity index (χ1n) is 5.51. The lowest BCUT2D eigenvalue weighted by Gasteiger charge is -2.16. The van der Waals surface area contributed by atoms with Gasteiger partial charge in [-0.2, -0.15) is 0 Å². The van der Waals surface area contributed by atoms with Crippen molar-refractivity contribution in [1.82, 2.24) is 4.98 Å². The van der Waals surface area contributed by atoms with E-state index in [2.05, 4.69) is 9.72 Å². The molecule has 0 bridgehead atoms. The van der Waals surface area contributed by atoms with Gasteiger partial charge >= 0.3 is 5.97 Å². The molecule has 0 saturated carbocycles. The van der Waals surface area contributed by atoms with E-state index in [1.54, 1.807) is 6.92 Å². The predicted octanol–water partition coefficient (Wildman–Crippen LogP) is 0.242. The molecule has 2 unspecified atom stereocenters. The molecule has 1 heterocycles. The number of aliphatic hydroxyl groups excluding tert-OH is 2. The fourth-order valence-electron chi connectivity index (χ4n) is 1.40. The third kappa shape index (κ3) is 3.90. The molecule has 6 nitrogen and oxygen atoms in total. The van der Waals surface area contributed by atoms with E-state index in [0.29, 0.717) is 11.8 Å². The zero-order valence-corrected chi connectivity index (χ0v) is 9.94. The maximum atomic E-state index is 11.1. The number of nitrogens with zero attached hydrogens (tertiary/aromatic N) is 1. The summed E-state index contributed by atoms with van der Waals surface area (Å²) in [5.41, 5.74) is 0.471. The maximum Gasteiger partial charge on any atom is 0.308 e. The SMILES string of the molecule is CCOC(=O)CC(O)C(O)c1cc(C=O)ccn1. The number of rotatable bonds is 6. The average Bonchev–Trinajstić information content (AvgIpc) is 2.38. The number of hydrogen-bond donors (Lipinski definition) is 2. The van der Waals surface area contributed by atoms with Gasteiger partial charge in [0.1, 0.15) is 12.4 Å². The van der Waals surface area contributed by atoms with Crippen LogP contribution in [-0.4, -0.2) is 40.2 Å². The van der Waals surface area contributed by atoms with Gasteiger partial charge in [-0.15, -0.1) is 0 Å². The minimum Gasteiger partial charge on any atom is -0.466 e. The largest absolute Gasteiger partial charge is 0.466 e. The number of pyridine rings is 1. The maximum absolute atomic E-state index is 11.1. The molecule has 1 aromatic rings. The van der Waals surface area contributed by atoms with Crippen molar-refractivity contribution in [2.75, 3.05) is 6.61 Å². The Labute approximate surface area is 104 Å². The summed E-state index contributed by atoms with van der Waals surface area (Å²) in [4.78, 5) is 25.6. The number of aliphatic hydroxyl groups is 2. The summed E-state index contributed by atoms with van der Waals surface area (Å²) in [5, 5.41) is 19.4. The lowest BCUT2D eigenvalue weighted by atomic mass is 10.1. The Balaban J connectivity index is 2.70. The van der Waals surface area contributed by atoms with Crippen LogP contribution in [0, 0.1) is 0 Å². The molecule has 0 aliphatic rings. The van der Waals surface area contributed by atoms with Crippen LogP contribution in [0.5, 0.6) is 0 Å². The van der Waals surface area contributed by atoms with Crippen LogP contribution < -0.4 is 0 Å². The van der Waals surface area contributed by atoms with Crippen molar-refractivity contribution >= 4 is 12.3 Å². The molecule has 0 radical (unpaired) electrons. The molecular formula is C12H15NO5. The minimum absolute atomic E-state index is 0.136. The zero-order chi connectivity index (χ0) is 13.5. The van der Waals surface area contributed by atoms with Gasteiger partial charge in [-0.1, -0.05) is 0 Å². The number of ether oxygens (including phenoxy) is 1. The summed E-state index contributed by atoms with van der Waals surface area (Å²) < 4.78 is 4.66. The normalized spacial score (nSPS) is 13.7. The summed E-state index contributed by atoms with van der Waals surface area (Å²) in [5.74, 6) is -0.601. The number of carbonyl (C=O) groups excluding carboxylic acids is 2. The number of aldehydes is 1. The Bertz CT molecular complexity index is 421. The summed E-state index contributed by atoms with van der Waals surface area (Å²) in [7, 11) is 0. The Morgan fingerprint density at radius 3 is 2.89 bits per heavy atom. The third-order valence-corrected chi connectivity index (χ3v) is 2.29. The Kier molecular flexibility index (Phi) is 5.41. The van der Waals surface area contributed by atoms with E-state index in [0.717, 1.165) is 0 Å². The number of esters is 1. The van der Waals surface area contributed by atoms with E-state index in [1.807, 2.05) is 0 Å². The minimum atomic E-state index is -1.34. The van der Waals surface area contributed by atoms with E-state index in [4.69, 9.17) is 0 Å². The van der Waals surface area contributed by atoms with Crippen LogP contribution in [0.2, 0.25) is 0 Å². The highest BCUT2D eigenvalue weighted by molar-refractivity contribution is 5.74. The first-order chi connectivity index (χ1) is 8.58. The van der Waals surface area contributed by atoms with Gasteiger partial charge in [-0.05, 0) is 19.1 Å². The van der Waals surface area contributed by atoms with Crippen LogP contribution >= 0.6 is 0 Å². The van der Waals surface area contributed by atoms with Crippen molar-refractivity contribution in [2.24, 2.45) is 0 Å². The molecule has 0 fully saturated rings. The molecule has 0 spiro atoms. The summed E-state index contributed by atoms with van der Waals surface area (Å²) in [6, 6.07) is 2.83. The second kappa shape index (κ2) is 6.83. The quantitative estimate of drug-likeness (QED) is 0.557. The van der Waals surface area contributed by atoms with Gasteiger partial charge in [0.15, 0.2) is 0 Å². The molecule has 98 valence electrons. The monoisotopic (exact) mass is 253 g/mol. The molecule has 1 rings (SSSR count). The molecule has 6 heteroatoms. The molecule has 0 aromatic carbocycles.